The Morgan fingerprint density at radius 3 is 2.48 bits per heavy atom. The molecule has 3 N–H and O–H groups in total. The molecule has 1 amide bonds. The highest BCUT2D eigenvalue weighted by atomic mass is 16.5. The van der Waals surface area contributed by atoms with E-state index in [-0.39, 0.29) is 0 Å². The fourth-order valence-electron chi connectivity index (χ4n) is 3.00. The number of hydrogen-bond acceptors (Lipinski definition) is 6. The van der Waals surface area contributed by atoms with E-state index in [0.29, 0.717) is 23.0 Å². The summed E-state index contributed by atoms with van der Waals surface area (Å²) >= 11 is 0. The van der Waals surface area contributed by atoms with Gasteiger partial charge in [0.25, 0.3) is 0 Å². The maximum atomic E-state index is 11.3. The molecule has 0 unspecified atom stereocenters. The summed E-state index contributed by atoms with van der Waals surface area (Å²) in [5.41, 5.74) is 8.83. The van der Waals surface area contributed by atoms with Crippen LogP contribution < -0.4 is 20.5 Å². The Balaban J connectivity index is 1.75. The quantitative estimate of drug-likeness (QED) is 0.525. The van der Waals surface area contributed by atoms with Crippen LogP contribution >= 0.6 is 0 Å². The van der Waals surface area contributed by atoms with Gasteiger partial charge in [-0.15, -0.1) is 0 Å². The number of hydrogen-bond donors (Lipinski definition) is 2. The second-order valence-corrected chi connectivity index (χ2v) is 6.26. The van der Waals surface area contributed by atoms with Crippen LogP contribution in [-0.4, -0.2) is 34.5 Å². The van der Waals surface area contributed by atoms with Gasteiger partial charge in [-0.05, 0) is 42.5 Å². The van der Waals surface area contributed by atoms with Crippen LogP contribution in [0.25, 0.3) is 16.9 Å². The first-order valence-corrected chi connectivity index (χ1v) is 8.82. The van der Waals surface area contributed by atoms with Crippen LogP contribution in [0.3, 0.4) is 0 Å². The zero-order chi connectivity index (χ0) is 20.4. The third-order valence-electron chi connectivity index (χ3n) is 4.49. The zero-order valence-corrected chi connectivity index (χ0v) is 15.9. The molecule has 4 aromatic rings. The lowest BCUT2D eigenvalue weighted by atomic mass is 10.1. The van der Waals surface area contributed by atoms with Gasteiger partial charge in [0.1, 0.15) is 5.65 Å². The normalized spacial score (nSPS) is 10.7. The maximum Gasteiger partial charge on any atom is 0.248 e. The SMILES string of the molecule is COc1ccc(-c2cc3nccn3c(Nc3ccc(C(N)=O)cc3)n2)cc1OC. The Morgan fingerprint density at radius 1 is 1.03 bits per heavy atom. The molecule has 2 heterocycles. The van der Waals surface area contributed by atoms with Gasteiger partial charge in [-0.2, -0.15) is 0 Å². The highest BCUT2D eigenvalue weighted by Gasteiger charge is 2.12. The lowest BCUT2D eigenvalue weighted by Crippen LogP contribution is -2.10. The zero-order valence-electron chi connectivity index (χ0n) is 15.9. The molecule has 2 aromatic carbocycles. The summed E-state index contributed by atoms with van der Waals surface area (Å²) in [6, 6.07) is 14.4. The summed E-state index contributed by atoms with van der Waals surface area (Å²) in [4.78, 5) is 20.4. The van der Waals surface area contributed by atoms with Crippen LogP contribution in [0, 0.1) is 0 Å². The number of nitrogens with two attached hydrogens (primary N) is 1. The molecule has 8 nitrogen and oxygen atoms in total. The van der Waals surface area contributed by atoms with E-state index in [4.69, 9.17) is 20.2 Å². The van der Waals surface area contributed by atoms with Crippen molar-refractivity contribution >= 4 is 23.2 Å². The Kier molecular flexibility index (Phi) is 4.74. The summed E-state index contributed by atoms with van der Waals surface area (Å²) in [6.07, 6.45) is 3.53. The van der Waals surface area contributed by atoms with Crippen molar-refractivity contribution in [3.8, 4) is 22.8 Å². The van der Waals surface area contributed by atoms with Crippen molar-refractivity contribution in [1.29, 1.82) is 0 Å². The number of fused-ring (bicyclic) bond motifs is 1. The van der Waals surface area contributed by atoms with E-state index >= 15 is 0 Å². The van der Waals surface area contributed by atoms with Crippen LogP contribution in [-0.2, 0) is 0 Å². The van der Waals surface area contributed by atoms with E-state index in [1.807, 2.05) is 34.9 Å². The van der Waals surface area contributed by atoms with Gasteiger partial charge in [0.05, 0.1) is 19.9 Å². The summed E-state index contributed by atoms with van der Waals surface area (Å²) in [5, 5.41) is 3.26. The lowest BCUT2D eigenvalue weighted by molar-refractivity contribution is 0.100. The van der Waals surface area contributed by atoms with E-state index in [1.165, 1.54) is 0 Å². The first kappa shape index (κ1) is 18.3. The first-order chi connectivity index (χ1) is 14.1. The fraction of sp³-hybridized carbons (Fsp3) is 0.0952. The molecule has 0 radical (unpaired) electrons. The number of primary amides is 1. The number of nitrogens with zero attached hydrogens (tertiary/aromatic N) is 3. The third kappa shape index (κ3) is 3.55. The number of aromatic nitrogens is 3. The summed E-state index contributed by atoms with van der Waals surface area (Å²) in [7, 11) is 3.19. The van der Waals surface area contributed by atoms with Crippen LogP contribution in [0.4, 0.5) is 11.6 Å². The number of rotatable bonds is 6. The average Bonchev–Trinajstić information content (AvgIpc) is 3.22. The molecule has 0 atom stereocenters. The van der Waals surface area contributed by atoms with Crippen LogP contribution in [0.1, 0.15) is 10.4 Å². The maximum absolute atomic E-state index is 11.3. The van der Waals surface area contributed by atoms with Crippen molar-refractivity contribution in [3.05, 3.63) is 66.5 Å². The second-order valence-electron chi connectivity index (χ2n) is 6.26. The molecule has 0 aliphatic rings. The molecule has 0 aliphatic heterocycles. The van der Waals surface area contributed by atoms with Crippen LogP contribution in [0.5, 0.6) is 11.5 Å². The van der Waals surface area contributed by atoms with Crippen molar-refractivity contribution in [2.75, 3.05) is 19.5 Å². The third-order valence-corrected chi connectivity index (χ3v) is 4.49. The first-order valence-electron chi connectivity index (χ1n) is 8.82. The monoisotopic (exact) mass is 389 g/mol. The molecule has 2 aromatic heterocycles. The van der Waals surface area contributed by atoms with Crippen molar-refractivity contribution < 1.29 is 14.3 Å². The van der Waals surface area contributed by atoms with Crippen LogP contribution in [0.2, 0.25) is 0 Å². The van der Waals surface area contributed by atoms with Crippen LogP contribution in [0.15, 0.2) is 60.9 Å². The summed E-state index contributed by atoms with van der Waals surface area (Å²) < 4.78 is 12.5. The Hall–Kier alpha value is -4.07. The van der Waals surface area contributed by atoms with Gasteiger partial charge in [-0.1, -0.05) is 0 Å². The van der Waals surface area contributed by atoms with E-state index in [1.54, 1.807) is 44.7 Å². The standard InChI is InChI=1S/C21H19N5O3/c1-28-17-8-5-14(11-18(17)29-2)16-12-19-23-9-10-26(19)21(25-16)24-15-6-3-13(4-7-15)20(22)27/h3-12H,1-2H3,(H2,22,27)(H,24,25). The molecule has 8 heteroatoms. The largest absolute Gasteiger partial charge is 0.493 e. The molecule has 0 saturated heterocycles. The van der Waals surface area contributed by atoms with Gasteiger partial charge in [-0.25, -0.2) is 9.97 Å². The molecule has 0 saturated carbocycles. The molecular weight excluding hydrogens is 370 g/mol. The minimum Gasteiger partial charge on any atom is -0.493 e. The highest BCUT2D eigenvalue weighted by molar-refractivity contribution is 5.93. The molecule has 4 rings (SSSR count). The summed E-state index contributed by atoms with van der Waals surface area (Å²) in [6.45, 7) is 0. The van der Waals surface area contributed by atoms with Gasteiger partial charge in [-0.3, -0.25) is 9.20 Å². The van der Waals surface area contributed by atoms with E-state index < -0.39 is 5.91 Å². The predicted molar refractivity (Wildman–Crippen MR) is 110 cm³/mol. The number of carbonyl (C=O) groups excluding carboxylic acids is 1. The van der Waals surface area contributed by atoms with Gasteiger partial charge in [0.15, 0.2) is 11.5 Å². The van der Waals surface area contributed by atoms with Crippen molar-refractivity contribution in [2.45, 2.75) is 0 Å². The number of benzene rings is 2. The van der Waals surface area contributed by atoms with Gasteiger partial charge in [0, 0.05) is 35.3 Å². The van der Waals surface area contributed by atoms with E-state index in [9.17, 15) is 4.79 Å². The number of nitrogens with one attached hydrogen (secondary N) is 1. The average molecular weight is 389 g/mol. The Morgan fingerprint density at radius 2 is 1.79 bits per heavy atom. The number of methoxy groups -OCH3 is 2. The van der Waals surface area contributed by atoms with E-state index in [0.717, 1.165) is 22.6 Å². The molecule has 146 valence electrons. The number of ether oxygens (including phenoxy) is 2. The molecular formula is C21H19N5O3. The molecule has 0 spiro atoms. The summed E-state index contributed by atoms with van der Waals surface area (Å²) in [5.74, 6) is 1.37. The topological polar surface area (TPSA) is 104 Å². The molecule has 0 fully saturated rings. The number of imidazole rings is 1. The smallest absolute Gasteiger partial charge is 0.248 e. The minimum absolute atomic E-state index is 0.440. The second kappa shape index (κ2) is 7.51. The van der Waals surface area contributed by atoms with Crippen molar-refractivity contribution in [2.24, 2.45) is 5.73 Å². The number of amides is 1. The Bertz CT molecular complexity index is 1180. The van der Waals surface area contributed by atoms with Crippen molar-refractivity contribution in [3.63, 3.8) is 0 Å². The van der Waals surface area contributed by atoms with Crippen molar-refractivity contribution in [1.82, 2.24) is 14.4 Å². The predicted octanol–water partition coefficient (Wildman–Crippen LogP) is 3.26. The van der Waals surface area contributed by atoms with Gasteiger partial charge in [0.2, 0.25) is 11.9 Å². The minimum atomic E-state index is -0.470. The fourth-order valence-corrected chi connectivity index (χ4v) is 3.00. The Labute approximate surface area is 166 Å². The molecule has 0 bridgehead atoms. The van der Waals surface area contributed by atoms with Gasteiger partial charge >= 0.3 is 0 Å². The molecule has 0 aliphatic carbocycles. The van der Waals surface area contributed by atoms with Gasteiger partial charge < -0.3 is 20.5 Å². The number of carbonyl (C=O) groups is 1. The molecule has 29 heavy (non-hydrogen) atoms. The lowest BCUT2D eigenvalue weighted by Gasteiger charge is -2.12. The highest BCUT2D eigenvalue weighted by Crippen LogP contribution is 2.32. The van der Waals surface area contributed by atoms with E-state index in [2.05, 4.69) is 10.3 Å². The number of anilines is 2.